The van der Waals surface area contributed by atoms with E-state index in [1.807, 2.05) is 12.1 Å². The summed E-state index contributed by atoms with van der Waals surface area (Å²) in [6.45, 7) is 6.15. The van der Waals surface area contributed by atoms with Gasteiger partial charge in [0.25, 0.3) is 0 Å². The number of hydrogen-bond donors (Lipinski definition) is 1. The Labute approximate surface area is 97.2 Å². The maximum atomic E-state index is 5.71. The summed E-state index contributed by atoms with van der Waals surface area (Å²) in [4.78, 5) is 2.42. The molecule has 1 aromatic rings. The summed E-state index contributed by atoms with van der Waals surface area (Å²) in [5.74, 6) is 0. The third-order valence-electron chi connectivity index (χ3n) is 3.05. The topological polar surface area (TPSA) is 38.5 Å². The van der Waals surface area contributed by atoms with Gasteiger partial charge in [0.2, 0.25) is 0 Å². The Morgan fingerprint density at radius 3 is 2.50 bits per heavy atom. The van der Waals surface area contributed by atoms with Gasteiger partial charge in [0.15, 0.2) is 0 Å². The zero-order valence-electron chi connectivity index (χ0n) is 10.0. The number of ether oxygens (including phenoxy) is 1. The summed E-state index contributed by atoms with van der Waals surface area (Å²) in [7, 11) is 0. The van der Waals surface area contributed by atoms with Gasteiger partial charge in [0.05, 0.1) is 12.6 Å². The van der Waals surface area contributed by atoms with E-state index in [2.05, 4.69) is 30.9 Å². The van der Waals surface area contributed by atoms with Crippen molar-refractivity contribution in [3.8, 4) is 0 Å². The second kappa shape index (κ2) is 4.74. The van der Waals surface area contributed by atoms with E-state index < -0.39 is 0 Å². The van der Waals surface area contributed by atoms with Crippen molar-refractivity contribution in [1.82, 2.24) is 0 Å². The first-order valence-corrected chi connectivity index (χ1v) is 5.90. The lowest BCUT2D eigenvalue weighted by Gasteiger charge is -2.34. The van der Waals surface area contributed by atoms with Crippen molar-refractivity contribution < 1.29 is 4.74 Å². The van der Waals surface area contributed by atoms with Crippen LogP contribution in [0.5, 0.6) is 0 Å². The van der Waals surface area contributed by atoms with Crippen molar-refractivity contribution >= 4 is 11.4 Å². The normalized spacial score (nSPS) is 20.3. The summed E-state index contributed by atoms with van der Waals surface area (Å²) in [6, 6.07) is 9.08. The van der Waals surface area contributed by atoms with Crippen molar-refractivity contribution in [2.24, 2.45) is 0 Å². The molecule has 3 nitrogen and oxygen atoms in total. The molecule has 1 fully saturated rings. The Hall–Kier alpha value is -1.22. The standard InChI is InChI=1S/C13H20N2O/c1-10(2)15(13-7-8-16-9-13)12-5-3-11(14)4-6-12/h3-6,10,13H,7-9,14H2,1-2H3. The molecule has 2 rings (SSSR count). The smallest absolute Gasteiger partial charge is 0.0670 e. The third kappa shape index (κ3) is 2.30. The second-order valence-corrected chi connectivity index (χ2v) is 4.61. The summed E-state index contributed by atoms with van der Waals surface area (Å²) in [5, 5.41) is 0. The zero-order chi connectivity index (χ0) is 11.5. The first-order chi connectivity index (χ1) is 7.68. The molecule has 88 valence electrons. The Kier molecular flexibility index (Phi) is 3.34. The minimum atomic E-state index is 0.482. The minimum absolute atomic E-state index is 0.482. The van der Waals surface area contributed by atoms with E-state index in [1.54, 1.807) is 0 Å². The summed E-state index contributed by atoms with van der Waals surface area (Å²) >= 11 is 0. The van der Waals surface area contributed by atoms with Crippen LogP contribution in [0.25, 0.3) is 0 Å². The molecule has 0 bridgehead atoms. The van der Waals surface area contributed by atoms with Crippen LogP contribution >= 0.6 is 0 Å². The van der Waals surface area contributed by atoms with Crippen molar-refractivity contribution in [2.75, 3.05) is 23.8 Å². The van der Waals surface area contributed by atoms with E-state index in [0.29, 0.717) is 12.1 Å². The zero-order valence-corrected chi connectivity index (χ0v) is 10.0. The monoisotopic (exact) mass is 220 g/mol. The summed E-state index contributed by atoms with van der Waals surface area (Å²) in [6.07, 6.45) is 1.11. The SMILES string of the molecule is CC(C)N(c1ccc(N)cc1)C1CCOC1. The van der Waals surface area contributed by atoms with E-state index in [4.69, 9.17) is 10.5 Å². The molecule has 0 spiro atoms. The maximum absolute atomic E-state index is 5.71. The van der Waals surface area contributed by atoms with Crippen LogP contribution in [0.4, 0.5) is 11.4 Å². The van der Waals surface area contributed by atoms with Gasteiger partial charge < -0.3 is 15.4 Å². The van der Waals surface area contributed by atoms with Gasteiger partial charge in [-0.1, -0.05) is 0 Å². The van der Waals surface area contributed by atoms with Crippen LogP contribution in [0, 0.1) is 0 Å². The highest BCUT2D eigenvalue weighted by Crippen LogP contribution is 2.25. The quantitative estimate of drug-likeness (QED) is 0.794. The molecule has 1 aliphatic heterocycles. The second-order valence-electron chi connectivity index (χ2n) is 4.61. The highest BCUT2D eigenvalue weighted by Gasteiger charge is 2.25. The van der Waals surface area contributed by atoms with Gasteiger partial charge in [-0.15, -0.1) is 0 Å². The van der Waals surface area contributed by atoms with Crippen LogP contribution in [0.2, 0.25) is 0 Å². The average molecular weight is 220 g/mol. The molecule has 0 saturated carbocycles. The summed E-state index contributed by atoms with van der Waals surface area (Å²) in [5.41, 5.74) is 7.76. The molecule has 1 heterocycles. The highest BCUT2D eigenvalue weighted by atomic mass is 16.5. The van der Waals surface area contributed by atoms with Gasteiger partial charge in [0, 0.05) is 24.0 Å². The van der Waals surface area contributed by atoms with Gasteiger partial charge in [-0.25, -0.2) is 0 Å². The first kappa shape index (κ1) is 11.3. The molecule has 0 amide bonds. The van der Waals surface area contributed by atoms with E-state index in [0.717, 1.165) is 25.3 Å². The summed E-state index contributed by atoms with van der Waals surface area (Å²) < 4.78 is 5.47. The molecular formula is C13H20N2O. The lowest BCUT2D eigenvalue weighted by Crippen LogP contribution is -2.41. The number of nitrogens with zero attached hydrogens (tertiary/aromatic N) is 1. The predicted octanol–water partition coefficient (Wildman–Crippen LogP) is 2.27. The molecule has 1 atom stereocenters. The number of hydrogen-bond acceptors (Lipinski definition) is 3. The lowest BCUT2D eigenvalue weighted by atomic mass is 10.1. The highest BCUT2D eigenvalue weighted by molar-refractivity contribution is 5.54. The molecule has 1 aliphatic rings. The van der Waals surface area contributed by atoms with E-state index in [9.17, 15) is 0 Å². The van der Waals surface area contributed by atoms with Crippen molar-refractivity contribution in [1.29, 1.82) is 0 Å². The largest absolute Gasteiger partial charge is 0.399 e. The molecular weight excluding hydrogens is 200 g/mol. The lowest BCUT2D eigenvalue weighted by molar-refractivity contribution is 0.192. The molecule has 1 aromatic carbocycles. The van der Waals surface area contributed by atoms with Crippen molar-refractivity contribution in [2.45, 2.75) is 32.4 Å². The Morgan fingerprint density at radius 2 is 2.00 bits per heavy atom. The number of anilines is 2. The maximum Gasteiger partial charge on any atom is 0.0670 e. The molecule has 0 aromatic heterocycles. The fourth-order valence-corrected chi connectivity index (χ4v) is 2.32. The number of rotatable bonds is 3. The van der Waals surface area contributed by atoms with E-state index >= 15 is 0 Å². The van der Waals surface area contributed by atoms with Crippen LogP contribution in [0.1, 0.15) is 20.3 Å². The minimum Gasteiger partial charge on any atom is -0.399 e. The van der Waals surface area contributed by atoms with Crippen LogP contribution in [0.3, 0.4) is 0 Å². The number of benzene rings is 1. The molecule has 0 radical (unpaired) electrons. The van der Waals surface area contributed by atoms with Gasteiger partial charge in [-0.3, -0.25) is 0 Å². The van der Waals surface area contributed by atoms with Crippen molar-refractivity contribution in [3.63, 3.8) is 0 Å². The molecule has 1 unspecified atom stereocenters. The molecule has 2 N–H and O–H groups in total. The Morgan fingerprint density at radius 1 is 1.31 bits per heavy atom. The predicted molar refractivity (Wildman–Crippen MR) is 67.7 cm³/mol. The van der Waals surface area contributed by atoms with E-state index in [-0.39, 0.29) is 0 Å². The molecule has 3 heteroatoms. The van der Waals surface area contributed by atoms with Gasteiger partial charge in [0.1, 0.15) is 0 Å². The van der Waals surface area contributed by atoms with Gasteiger partial charge in [-0.2, -0.15) is 0 Å². The van der Waals surface area contributed by atoms with Crippen LogP contribution in [0.15, 0.2) is 24.3 Å². The average Bonchev–Trinajstić information content (AvgIpc) is 2.74. The van der Waals surface area contributed by atoms with Crippen LogP contribution < -0.4 is 10.6 Å². The van der Waals surface area contributed by atoms with E-state index in [1.165, 1.54) is 5.69 Å². The number of nitrogen functional groups attached to an aromatic ring is 1. The first-order valence-electron chi connectivity index (χ1n) is 5.90. The number of nitrogens with two attached hydrogens (primary N) is 1. The molecule has 0 aliphatic carbocycles. The van der Waals surface area contributed by atoms with Crippen molar-refractivity contribution in [3.05, 3.63) is 24.3 Å². The molecule has 16 heavy (non-hydrogen) atoms. The fourth-order valence-electron chi connectivity index (χ4n) is 2.32. The van der Waals surface area contributed by atoms with Crippen LogP contribution in [-0.4, -0.2) is 25.3 Å². The molecule has 1 saturated heterocycles. The van der Waals surface area contributed by atoms with Gasteiger partial charge in [-0.05, 0) is 44.5 Å². The third-order valence-corrected chi connectivity index (χ3v) is 3.05. The van der Waals surface area contributed by atoms with Crippen LogP contribution in [-0.2, 0) is 4.74 Å². The Balaban J connectivity index is 2.21. The van der Waals surface area contributed by atoms with Gasteiger partial charge >= 0.3 is 0 Å². The fraction of sp³-hybridized carbons (Fsp3) is 0.538. The Bertz CT molecular complexity index is 328.